The topological polar surface area (TPSA) is 49.7 Å². The highest BCUT2D eigenvalue weighted by molar-refractivity contribution is 8.06. The van der Waals surface area contributed by atoms with E-state index in [0.717, 1.165) is 4.91 Å². The van der Waals surface area contributed by atoms with Crippen LogP contribution in [0.1, 0.15) is 27.2 Å². The van der Waals surface area contributed by atoms with E-state index >= 15 is 0 Å². The van der Waals surface area contributed by atoms with Gasteiger partial charge in [-0.05, 0) is 29.0 Å². The van der Waals surface area contributed by atoms with E-state index in [0.29, 0.717) is 11.9 Å². The van der Waals surface area contributed by atoms with Crippen molar-refractivity contribution in [3.8, 4) is 0 Å². The van der Waals surface area contributed by atoms with Crippen molar-refractivity contribution < 1.29 is 14.5 Å². The highest BCUT2D eigenvalue weighted by Crippen LogP contribution is 2.39. The number of hydrogen-bond donors (Lipinski definition) is 2. The monoisotopic (exact) mass is 272 g/mol. The minimum absolute atomic E-state index is 0.181. The van der Waals surface area contributed by atoms with E-state index in [-0.39, 0.29) is 5.04 Å². The predicted octanol–water partition coefficient (Wildman–Crippen LogP) is 2.88. The average molecular weight is 272 g/mol. The van der Waals surface area contributed by atoms with Crippen LogP contribution in [0.5, 0.6) is 0 Å². The molecular weight excluding hydrogens is 251 g/mol. The number of allylic oxidation sites excluding steroid dienone is 2. The zero-order chi connectivity index (χ0) is 13.3. The average Bonchev–Trinajstić information content (AvgIpc) is 2.61. The summed E-state index contributed by atoms with van der Waals surface area (Å²) in [5.41, 5.74) is 0.639. The van der Waals surface area contributed by atoms with Gasteiger partial charge in [0.2, 0.25) is 8.32 Å². The third kappa shape index (κ3) is 3.91. The van der Waals surface area contributed by atoms with Crippen LogP contribution in [0.3, 0.4) is 0 Å². The molecule has 0 aromatic carbocycles. The Kier molecular flexibility index (Phi) is 4.57. The van der Waals surface area contributed by atoms with Gasteiger partial charge in [-0.1, -0.05) is 32.5 Å². The van der Waals surface area contributed by atoms with Gasteiger partial charge in [-0.2, -0.15) is 0 Å². The van der Waals surface area contributed by atoms with Crippen LogP contribution in [0.4, 0.5) is 0 Å². The van der Waals surface area contributed by atoms with Crippen LogP contribution >= 0.6 is 11.8 Å². The van der Waals surface area contributed by atoms with Gasteiger partial charge >= 0.3 is 7.12 Å². The lowest BCUT2D eigenvalue weighted by atomic mass is 9.79. The molecule has 0 saturated heterocycles. The second-order valence-electron chi connectivity index (χ2n) is 5.82. The first kappa shape index (κ1) is 14.9. The van der Waals surface area contributed by atoms with E-state index in [9.17, 15) is 0 Å². The first-order valence-electron chi connectivity index (χ1n) is 5.72. The van der Waals surface area contributed by atoms with Gasteiger partial charge < -0.3 is 14.5 Å². The van der Waals surface area contributed by atoms with Crippen LogP contribution in [-0.4, -0.2) is 25.5 Å². The van der Waals surface area contributed by atoms with Crippen molar-refractivity contribution in [2.45, 2.75) is 45.3 Å². The number of rotatable bonds is 3. The molecule has 96 valence electrons. The molecule has 17 heavy (non-hydrogen) atoms. The third-order valence-corrected chi connectivity index (χ3v) is 8.65. The lowest BCUT2D eigenvalue weighted by Gasteiger charge is -2.35. The van der Waals surface area contributed by atoms with Crippen LogP contribution in [0.25, 0.3) is 0 Å². The molecule has 0 spiro atoms. The summed E-state index contributed by atoms with van der Waals surface area (Å²) in [6.07, 6.45) is 2.38. The molecule has 0 radical (unpaired) electrons. The Morgan fingerprint density at radius 1 is 1.41 bits per heavy atom. The Morgan fingerprint density at radius 3 is 2.41 bits per heavy atom. The zero-order valence-corrected chi connectivity index (χ0v) is 13.0. The molecule has 0 aromatic heterocycles. The van der Waals surface area contributed by atoms with Gasteiger partial charge in [0.1, 0.15) is 0 Å². The molecule has 0 saturated carbocycles. The summed E-state index contributed by atoms with van der Waals surface area (Å²) in [5.74, 6) is 0. The van der Waals surface area contributed by atoms with Gasteiger partial charge in [0.25, 0.3) is 0 Å². The number of hydrogen-bond acceptors (Lipinski definition) is 4. The SMILES string of the molecule is CC(C)(C)[Si](C)(C)OC=C1CC(B(O)O)=CS1. The standard InChI is InChI=1S/C11H21BO3SSi/c1-11(2,3)17(4,5)15-7-10-6-9(8-16-10)12(13)14/h7-8,13-14H,6H2,1-5H3. The van der Waals surface area contributed by atoms with E-state index in [1.807, 2.05) is 0 Å². The lowest BCUT2D eigenvalue weighted by Crippen LogP contribution is -2.39. The van der Waals surface area contributed by atoms with E-state index in [4.69, 9.17) is 14.5 Å². The molecule has 0 amide bonds. The van der Waals surface area contributed by atoms with Gasteiger partial charge in [-0.25, -0.2) is 0 Å². The molecule has 0 unspecified atom stereocenters. The molecule has 1 rings (SSSR count). The minimum atomic E-state index is -1.76. The summed E-state index contributed by atoms with van der Waals surface area (Å²) >= 11 is 1.51. The maximum absolute atomic E-state index is 9.04. The van der Waals surface area contributed by atoms with E-state index in [1.54, 1.807) is 11.7 Å². The quantitative estimate of drug-likeness (QED) is 0.612. The Bertz CT molecular complexity index is 345. The van der Waals surface area contributed by atoms with Crippen LogP contribution in [0, 0.1) is 0 Å². The van der Waals surface area contributed by atoms with Gasteiger partial charge in [0.15, 0.2) is 0 Å². The summed E-state index contributed by atoms with van der Waals surface area (Å²) < 4.78 is 5.97. The summed E-state index contributed by atoms with van der Waals surface area (Å²) in [5, 5.41) is 20.0. The molecule has 0 aliphatic carbocycles. The smallest absolute Gasteiger partial charge is 0.485 e. The minimum Gasteiger partial charge on any atom is -0.548 e. The first-order chi connectivity index (χ1) is 7.63. The Morgan fingerprint density at radius 2 is 2.00 bits per heavy atom. The lowest BCUT2D eigenvalue weighted by molar-refractivity contribution is 0.417. The molecule has 1 aliphatic heterocycles. The van der Waals surface area contributed by atoms with Crippen molar-refractivity contribution in [1.29, 1.82) is 0 Å². The summed E-state index contributed by atoms with van der Waals surface area (Å²) in [7, 11) is -3.11. The van der Waals surface area contributed by atoms with Crippen molar-refractivity contribution in [2.75, 3.05) is 0 Å². The molecule has 1 heterocycles. The van der Waals surface area contributed by atoms with Crippen LogP contribution < -0.4 is 0 Å². The largest absolute Gasteiger partial charge is 0.548 e. The first-order valence-corrected chi connectivity index (χ1v) is 9.51. The molecular formula is C11H21BO3SSi. The van der Waals surface area contributed by atoms with E-state index in [2.05, 4.69) is 33.9 Å². The van der Waals surface area contributed by atoms with Crippen molar-refractivity contribution >= 4 is 27.2 Å². The van der Waals surface area contributed by atoms with E-state index < -0.39 is 15.4 Å². The fourth-order valence-corrected chi connectivity index (χ4v) is 2.78. The maximum atomic E-state index is 9.04. The highest BCUT2D eigenvalue weighted by atomic mass is 32.2. The van der Waals surface area contributed by atoms with Crippen molar-refractivity contribution in [3.63, 3.8) is 0 Å². The van der Waals surface area contributed by atoms with Gasteiger partial charge in [-0.15, -0.1) is 0 Å². The van der Waals surface area contributed by atoms with Crippen LogP contribution in [0.15, 0.2) is 22.0 Å². The highest BCUT2D eigenvalue weighted by Gasteiger charge is 2.38. The molecule has 0 aromatic rings. The Hall–Kier alpha value is -0.168. The third-order valence-electron chi connectivity index (χ3n) is 3.36. The summed E-state index contributed by atoms with van der Waals surface area (Å²) in [6.45, 7) is 11.0. The molecule has 6 heteroatoms. The van der Waals surface area contributed by atoms with Crippen LogP contribution in [0.2, 0.25) is 18.1 Å². The molecule has 1 aliphatic rings. The van der Waals surface area contributed by atoms with Gasteiger partial charge in [0.05, 0.1) is 6.26 Å². The Balaban J connectivity index is 2.59. The molecule has 0 bridgehead atoms. The summed E-state index contributed by atoms with van der Waals surface area (Å²) in [6, 6.07) is 0. The summed E-state index contributed by atoms with van der Waals surface area (Å²) in [4.78, 5) is 1.04. The molecule has 0 atom stereocenters. The van der Waals surface area contributed by atoms with Gasteiger partial charge in [0, 0.05) is 11.3 Å². The zero-order valence-electron chi connectivity index (χ0n) is 11.2. The predicted molar refractivity (Wildman–Crippen MR) is 76.8 cm³/mol. The number of thioether (sulfide) groups is 1. The molecule has 0 fully saturated rings. The second-order valence-corrected chi connectivity index (χ2v) is 11.6. The van der Waals surface area contributed by atoms with Crippen molar-refractivity contribution in [3.05, 3.63) is 22.0 Å². The fraction of sp³-hybridized carbons (Fsp3) is 0.636. The normalized spacial score (nSPS) is 19.5. The second kappa shape index (κ2) is 5.22. The fourth-order valence-electron chi connectivity index (χ4n) is 1.05. The van der Waals surface area contributed by atoms with Crippen molar-refractivity contribution in [1.82, 2.24) is 0 Å². The molecule has 2 N–H and O–H groups in total. The Labute approximate surface area is 109 Å². The van der Waals surface area contributed by atoms with Crippen molar-refractivity contribution in [2.24, 2.45) is 0 Å². The molecule has 3 nitrogen and oxygen atoms in total. The van der Waals surface area contributed by atoms with E-state index in [1.165, 1.54) is 11.8 Å². The van der Waals surface area contributed by atoms with Crippen LogP contribution in [-0.2, 0) is 4.43 Å². The maximum Gasteiger partial charge on any atom is 0.485 e. The van der Waals surface area contributed by atoms with Gasteiger partial charge in [-0.3, -0.25) is 0 Å².